The Balaban J connectivity index is 2.50. The summed E-state index contributed by atoms with van der Waals surface area (Å²) in [5.41, 5.74) is 10.4. The lowest BCUT2D eigenvalue weighted by atomic mass is 10.1. The van der Waals surface area contributed by atoms with Crippen LogP contribution in [0.2, 0.25) is 0 Å². The number of nitrogen functional groups attached to an aromatic ring is 1. The summed E-state index contributed by atoms with van der Waals surface area (Å²) in [6, 6.07) is 8.81. The van der Waals surface area contributed by atoms with Gasteiger partial charge in [0.25, 0.3) is 10.0 Å². The predicted molar refractivity (Wildman–Crippen MR) is 87.1 cm³/mol. The largest absolute Gasteiger partial charge is 0.398 e. The molecule has 0 radical (unpaired) electrons. The third kappa shape index (κ3) is 3.03. The third-order valence-electron chi connectivity index (χ3n) is 3.53. The second-order valence-corrected chi connectivity index (χ2v) is 7.00. The Bertz CT molecular complexity index is 773. The number of hydrogen-bond acceptors (Lipinski definition) is 3. The molecule has 2 aromatic rings. The molecule has 5 heteroatoms. The molecular formula is C16H20N2O2S. The Hall–Kier alpha value is -2.01. The van der Waals surface area contributed by atoms with E-state index in [0.29, 0.717) is 16.9 Å². The molecule has 0 bridgehead atoms. The van der Waals surface area contributed by atoms with Gasteiger partial charge in [-0.2, -0.15) is 0 Å². The van der Waals surface area contributed by atoms with Gasteiger partial charge in [0.1, 0.15) is 0 Å². The van der Waals surface area contributed by atoms with E-state index < -0.39 is 10.0 Å². The molecule has 0 fully saturated rings. The van der Waals surface area contributed by atoms with Crippen molar-refractivity contribution in [2.45, 2.75) is 32.6 Å². The van der Waals surface area contributed by atoms with Gasteiger partial charge in [0.15, 0.2) is 0 Å². The number of nitrogens with one attached hydrogen (secondary N) is 1. The molecule has 0 aliphatic rings. The molecule has 0 saturated carbocycles. The van der Waals surface area contributed by atoms with Crippen LogP contribution >= 0.6 is 0 Å². The summed E-state index contributed by atoms with van der Waals surface area (Å²) in [4.78, 5) is 0.210. The van der Waals surface area contributed by atoms with Gasteiger partial charge in [-0.25, -0.2) is 8.42 Å². The highest BCUT2D eigenvalue weighted by atomic mass is 32.2. The Morgan fingerprint density at radius 1 is 1.00 bits per heavy atom. The first-order chi connectivity index (χ1) is 9.72. The molecule has 0 amide bonds. The van der Waals surface area contributed by atoms with Crippen molar-refractivity contribution < 1.29 is 8.42 Å². The van der Waals surface area contributed by atoms with Gasteiger partial charge in [-0.1, -0.05) is 23.8 Å². The van der Waals surface area contributed by atoms with Crippen molar-refractivity contribution >= 4 is 21.4 Å². The maximum absolute atomic E-state index is 12.6. The lowest BCUT2D eigenvalue weighted by molar-refractivity contribution is 0.600. The first kappa shape index (κ1) is 15.4. The number of anilines is 2. The van der Waals surface area contributed by atoms with Gasteiger partial charge in [-0.05, 0) is 56.5 Å². The van der Waals surface area contributed by atoms with Gasteiger partial charge >= 0.3 is 0 Å². The Labute approximate surface area is 126 Å². The molecular weight excluding hydrogens is 284 g/mol. The van der Waals surface area contributed by atoms with Gasteiger partial charge in [-0.3, -0.25) is 4.72 Å². The molecule has 0 aliphatic carbocycles. The maximum atomic E-state index is 12.6. The minimum atomic E-state index is -3.65. The Morgan fingerprint density at radius 3 is 2.14 bits per heavy atom. The Morgan fingerprint density at radius 2 is 1.57 bits per heavy atom. The summed E-state index contributed by atoms with van der Waals surface area (Å²) in [5, 5.41) is 0. The molecule has 0 unspecified atom stereocenters. The predicted octanol–water partition coefficient (Wildman–Crippen LogP) is 3.30. The van der Waals surface area contributed by atoms with E-state index >= 15 is 0 Å². The van der Waals surface area contributed by atoms with E-state index in [-0.39, 0.29) is 4.90 Å². The van der Waals surface area contributed by atoms with Crippen molar-refractivity contribution in [3.63, 3.8) is 0 Å². The van der Waals surface area contributed by atoms with E-state index in [0.717, 1.165) is 16.7 Å². The van der Waals surface area contributed by atoms with E-state index in [9.17, 15) is 8.42 Å². The van der Waals surface area contributed by atoms with Crippen molar-refractivity contribution in [3.8, 4) is 0 Å². The Kier molecular flexibility index (Phi) is 3.96. The molecule has 21 heavy (non-hydrogen) atoms. The molecule has 0 spiro atoms. The first-order valence-corrected chi connectivity index (χ1v) is 8.16. The first-order valence-electron chi connectivity index (χ1n) is 6.68. The highest BCUT2D eigenvalue weighted by Gasteiger charge is 2.19. The van der Waals surface area contributed by atoms with E-state index in [4.69, 9.17) is 5.73 Å². The molecule has 0 saturated heterocycles. The number of rotatable bonds is 3. The average molecular weight is 304 g/mol. The van der Waals surface area contributed by atoms with E-state index in [1.807, 2.05) is 32.9 Å². The summed E-state index contributed by atoms with van der Waals surface area (Å²) in [5.74, 6) is 0. The van der Waals surface area contributed by atoms with Gasteiger partial charge in [-0.15, -0.1) is 0 Å². The zero-order chi connectivity index (χ0) is 15.8. The molecule has 2 rings (SSSR count). The maximum Gasteiger partial charge on any atom is 0.262 e. The van der Waals surface area contributed by atoms with Crippen LogP contribution in [0.5, 0.6) is 0 Å². The van der Waals surface area contributed by atoms with Crippen LogP contribution in [0.1, 0.15) is 22.3 Å². The highest BCUT2D eigenvalue weighted by molar-refractivity contribution is 7.92. The van der Waals surface area contributed by atoms with Crippen molar-refractivity contribution in [3.05, 3.63) is 52.6 Å². The van der Waals surface area contributed by atoms with Crippen molar-refractivity contribution in [2.75, 3.05) is 10.5 Å². The topological polar surface area (TPSA) is 72.2 Å². The van der Waals surface area contributed by atoms with Crippen LogP contribution in [-0.4, -0.2) is 8.42 Å². The standard InChI is InChI=1S/C16H20N2O2S/c1-10-8-11(2)16(12(3)9-10)18-21(19,20)15-7-5-6-14(17)13(15)4/h5-9,18H,17H2,1-4H3. The summed E-state index contributed by atoms with van der Waals surface area (Å²) < 4.78 is 27.9. The van der Waals surface area contributed by atoms with E-state index in [2.05, 4.69) is 4.72 Å². The normalized spacial score (nSPS) is 11.4. The van der Waals surface area contributed by atoms with E-state index in [1.54, 1.807) is 25.1 Å². The fourth-order valence-corrected chi connectivity index (χ4v) is 3.93. The smallest absolute Gasteiger partial charge is 0.262 e. The van der Waals surface area contributed by atoms with Gasteiger partial charge in [0.05, 0.1) is 10.6 Å². The van der Waals surface area contributed by atoms with Crippen molar-refractivity contribution in [2.24, 2.45) is 0 Å². The SMILES string of the molecule is Cc1cc(C)c(NS(=O)(=O)c2cccc(N)c2C)c(C)c1. The van der Waals surface area contributed by atoms with Crippen molar-refractivity contribution in [1.29, 1.82) is 0 Å². The van der Waals surface area contributed by atoms with Crippen LogP contribution in [-0.2, 0) is 10.0 Å². The van der Waals surface area contributed by atoms with E-state index in [1.165, 1.54) is 0 Å². The molecule has 112 valence electrons. The number of nitrogens with two attached hydrogens (primary N) is 1. The molecule has 4 nitrogen and oxygen atoms in total. The molecule has 0 atom stereocenters. The second-order valence-electron chi connectivity index (χ2n) is 5.35. The summed E-state index contributed by atoms with van der Waals surface area (Å²) >= 11 is 0. The number of benzene rings is 2. The fraction of sp³-hybridized carbons (Fsp3) is 0.250. The molecule has 3 N–H and O–H groups in total. The van der Waals surface area contributed by atoms with Gasteiger partial charge in [0.2, 0.25) is 0 Å². The molecule has 0 heterocycles. The van der Waals surface area contributed by atoms with Crippen LogP contribution in [0, 0.1) is 27.7 Å². The van der Waals surface area contributed by atoms with Crippen LogP contribution in [0.4, 0.5) is 11.4 Å². The number of sulfonamides is 1. The summed E-state index contributed by atoms with van der Waals surface area (Å²) in [6.45, 7) is 7.48. The highest BCUT2D eigenvalue weighted by Crippen LogP contribution is 2.27. The second kappa shape index (κ2) is 5.41. The minimum Gasteiger partial charge on any atom is -0.398 e. The van der Waals surface area contributed by atoms with Gasteiger partial charge < -0.3 is 5.73 Å². The number of aryl methyl sites for hydroxylation is 3. The van der Waals surface area contributed by atoms with Crippen LogP contribution in [0.15, 0.2) is 35.2 Å². The zero-order valence-electron chi connectivity index (χ0n) is 12.7. The lowest BCUT2D eigenvalue weighted by Crippen LogP contribution is -2.16. The quantitative estimate of drug-likeness (QED) is 0.855. The third-order valence-corrected chi connectivity index (χ3v) is 5.02. The van der Waals surface area contributed by atoms with Crippen LogP contribution < -0.4 is 10.5 Å². The van der Waals surface area contributed by atoms with Crippen LogP contribution in [0.25, 0.3) is 0 Å². The fourth-order valence-electron chi connectivity index (χ4n) is 2.45. The van der Waals surface area contributed by atoms with Crippen LogP contribution in [0.3, 0.4) is 0 Å². The lowest BCUT2D eigenvalue weighted by Gasteiger charge is -2.16. The summed E-state index contributed by atoms with van der Waals surface area (Å²) in [6.07, 6.45) is 0. The monoisotopic (exact) mass is 304 g/mol. The summed E-state index contributed by atoms with van der Waals surface area (Å²) in [7, 11) is -3.65. The zero-order valence-corrected chi connectivity index (χ0v) is 13.5. The average Bonchev–Trinajstić information content (AvgIpc) is 2.37. The van der Waals surface area contributed by atoms with Gasteiger partial charge in [0, 0.05) is 5.69 Å². The van der Waals surface area contributed by atoms with Crippen molar-refractivity contribution in [1.82, 2.24) is 0 Å². The molecule has 2 aromatic carbocycles. The molecule has 0 aliphatic heterocycles. The minimum absolute atomic E-state index is 0.210. The number of hydrogen-bond donors (Lipinski definition) is 2. The molecule has 0 aromatic heterocycles.